The van der Waals surface area contributed by atoms with Crippen LogP contribution in [0.1, 0.15) is 116 Å². The molecule has 25 aromatic rings. The molecular formula is C132H100N6S3. The van der Waals surface area contributed by atoms with Gasteiger partial charge in [0.1, 0.15) is 0 Å². The summed E-state index contributed by atoms with van der Waals surface area (Å²) in [5.41, 5.74) is 35.9. The number of aromatic nitrogens is 6. The molecule has 3 aliphatic carbocycles. The van der Waals surface area contributed by atoms with Gasteiger partial charge in [-0.3, -0.25) is 0 Å². The van der Waals surface area contributed by atoms with E-state index in [0.717, 1.165) is 106 Å². The summed E-state index contributed by atoms with van der Waals surface area (Å²) in [6.45, 7) is 29.0. The lowest BCUT2D eigenvalue weighted by Gasteiger charge is -2.48. The first-order valence-corrected chi connectivity index (χ1v) is 51.5. The molecule has 0 spiro atoms. The Bertz CT molecular complexity index is 9550. The van der Waals surface area contributed by atoms with Gasteiger partial charge in [-0.25, -0.2) is 29.9 Å². The quantitative estimate of drug-likeness (QED) is 0.158. The standard InChI is InChI=1S/C48H36N2S.2C42H32N2S/c1-47(2)37-24-23-36-42-34-18-12-11-13-29(34)21-26-41(42)51-46(36)43(37)35-22-19-32(27-38(35)48(47,3)4)33-20-25-39-40(28-33)50-45(31-16-9-6-10-17-31)44(49-39)30-14-7-5-8-15-30;1-41(2)32-20-18-25-12-8-9-15-28(25)38(32)31-24-37-30(23-33(31)42(41,3)4)29-22-27(19-21-36(29)45-37)40-39(26-13-6-5-7-14-26)43-34-16-10-11-17-35(34)44-40;1-41(2)31-19-18-28(40-39(25-12-6-5-7-13-25)43-33-16-10-11-17-34(33)44-40)23-29(31)37-32(42(41,3)4)20-21-35-38(37)30-22-26-14-8-9-15-27(26)24-36(30)45-35/h5-28H,1-4H3;2*5-24H,1-4H3. The lowest BCUT2D eigenvalue weighted by molar-refractivity contribution is 0.299. The van der Waals surface area contributed by atoms with Crippen LogP contribution in [0.3, 0.4) is 0 Å². The lowest BCUT2D eigenvalue weighted by Crippen LogP contribution is -2.43. The molecule has 6 nitrogen and oxygen atoms in total. The van der Waals surface area contributed by atoms with Gasteiger partial charge in [-0.2, -0.15) is 0 Å². The lowest BCUT2D eigenvalue weighted by atomic mass is 9.55. The van der Waals surface area contributed by atoms with Gasteiger partial charge in [0.25, 0.3) is 0 Å². The number of para-hydroxylation sites is 4. The summed E-state index contributed by atoms with van der Waals surface area (Å²) in [6, 6.07) is 141. The average Bonchev–Trinajstić information content (AvgIpc) is 1.55. The fourth-order valence-electron chi connectivity index (χ4n) is 23.3. The molecule has 0 saturated heterocycles. The van der Waals surface area contributed by atoms with Crippen molar-refractivity contribution in [3.05, 3.63) is 422 Å². The first-order valence-electron chi connectivity index (χ1n) is 49.1. The summed E-state index contributed by atoms with van der Waals surface area (Å²) in [7, 11) is 0. The van der Waals surface area contributed by atoms with Crippen LogP contribution in [-0.4, -0.2) is 29.9 Å². The zero-order chi connectivity index (χ0) is 95.5. The van der Waals surface area contributed by atoms with Gasteiger partial charge < -0.3 is 0 Å². The Kier molecular flexibility index (Phi) is 19.6. The van der Waals surface area contributed by atoms with Crippen molar-refractivity contribution in [3.8, 4) is 112 Å². The minimum Gasteiger partial charge on any atom is -0.244 e. The third kappa shape index (κ3) is 13.4. The first kappa shape index (κ1) is 86.0. The van der Waals surface area contributed by atoms with Gasteiger partial charge in [0, 0.05) is 99.5 Å². The highest BCUT2D eigenvalue weighted by atomic mass is 32.1. The largest absolute Gasteiger partial charge is 0.244 e. The summed E-state index contributed by atoms with van der Waals surface area (Å²) in [5.74, 6) is 0. The number of thiophene rings is 3. The van der Waals surface area contributed by atoms with E-state index in [2.05, 4.69) is 417 Å². The normalized spacial score (nSPS) is 14.9. The third-order valence-corrected chi connectivity index (χ3v) is 36.5. The topological polar surface area (TPSA) is 77.3 Å². The van der Waals surface area contributed by atoms with Crippen molar-refractivity contribution >= 4 is 160 Å². The van der Waals surface area contributed by atoms with Crippen molar-refractivity contribution in [2.75, 3.05) is 0 Å². The SMILES string of the molecule is CC1(C)c2cc(-c3ccc4nc(-c5ccccc5)c(-c5ccccc5)nc4c3)ccc2-c2c(ccc3c2sc2ccc4ccccc4c23)C1(C)C.CC1(C)c2cc3c(cc2-c2c(ccc4ccccc24)C1(C)C)sc1ccc(-c2nc4ccccc4nc2-c2ccccc2)cc13.CC1(C)c2ccc(-c3nc4ccccc4nc3-c3ccccc3)cc2-c2c(ccc3sc4cc5ccccc5cc4c23)C1(C)C. The predicted molar refractivity (Wildman–Crippen MR) is 602 cm³/mol. The van der Waals surface area contributed by atoms with E-state index in [9.17, 15) is 0 Å². The molecule has 141 heavy (non-hydrogen) atoms. The number of hydrogen-bond donors (Lipinski definition) is 0. The van der Waals surface area contributed by atoms with Crippen LogP contribution in [0.2, 0.25) is 0 Å². The Labute approximate surface area is 832 Å². The van der Waals surface area contributed by atoms with Crippen LogP contribution in [0.15, 0.2) is 388 Å². The maximum Gasteiger partial charge on any atom is 0.0973 e. The van der Waals surface area contributed by atoms with E-state index in [1.54, 1.807) is 0 Å². The molecule has 0 unspecified atom stereocenters. The number of rotatable bonds is 7. The summed E-state index contributed by atoms with van der Waals surface area (Å²) < 4.78 is 8.02. The summed E-state index contributed by atoms with van der Waals surface area (Å²) in [4.78, 5) is 31.3. The van der Waals surface area contributed by atoms with Crippen LogP contribution in [0.25, 0.3) is 238 Å². The van der Waals surface area contributed by atoms with Crippen LogP contribution in [0.5, 0.6) is 0 Å². The maximum absolute atomic E-state index is 5.29. The number of fused-ring (bicyclic) bond motifs is 28. The van der Waals surface area contributed by atoms with Gasteiger partial charge in [0.2, 0.25) is 0 Å². The van der Waals surface area contributed by atoms with Crippen molar-refractivity contribution in [1.82, 2.24) is 29.9 Å². The van der Waals surface area contributed by atoms with Gasteiger partial charge in [-0.15, -0.1) is 34.0 Å². The molecule has 0 fully saturated rings. The van der Waals surface area contributed by atoms with E-state index in [1.165, 1.54) is 165 Å². The second kappa shape index (κ2) is 32.1. The van der Waals surface area contributed by atoms with Gasteiger partial charge in [-0.05, 0) is 234 Å². The molecule has 0 saturated carbocycles. The molecule has 19 aromatic carbocycles. The molecule has 0 bridgehead atoms. The van der Waals surface area contributed by atoms with E-state index in [1.807, 2.05) is 88.6 Å². The summed E-state index contributed by atoms with van der Waals surface area (Å²) >= 11 is 5.73. The molecule has 0 atom stereocenters. The Morgan fingerprint density at radius 3 is 1.13 bits per heavy atom. The molecule has 6 heterocycles. The van der Waals surface area contributed by atoms with Crippen molar-refractivity contribution in [1.29, 1.82) is 0 Å². The van der Waals surface area contributed by atoms with Gasteiger partial charge in [0.15, 0.2) is 0 Å². The molecule has 676 valence electrons. The van der Waals surface area contributed by atoms with Gasteiger partial charge in [-0.1, -0.05) is 374 Å². The Balaban J connectivity index is 0.000000109. The Hall–Kier alpha value is -15.4. The van der Waals surface area contributed by atoms with Crippen LogP contribution >= 0.6 is 34.0 Å². The Morgan fingerprint density at radius 2 is 0.539 bits per heavy atom. The summed E-state index contributed by atoms with van der Waals surface area (Å²) in [5, 5.41) is 15.9. The van der Waals surface area contributed by atoms with E-state index in [0.29, 0.717) is 0 Å². The van der Waals surface area contributed by atoms with E-state index < -0.39 is 0 Å². The van der Waals surface area contributed by atoms with Gasteiger partial charge >= 0.3 is 0 Å². The fraction of sp³-hybridized carbons (Fsp3) is 0.136. The summed E-state index contributed by atoms with van der Waals surface area (Å²) in [6.07, 6.45) is 0. The van der Waals surface area contributed by atoms with Crippen molar-refractivity contribution in [2.24, 2.45) is 0 Å². The third-order valence-electron chi connectivity index (χ3n) is 33.0. The molecule has 0 N–H and O–H groups in total. The molecule has 0 aliphatic heterocycles. The van der Waals surface area contributed by atoms with E-state index in [4.69, 9.17) is 29.9 Å². The highest BCUT2D eigenvalue weighted by Gasteiger charge is 2.50. The second-order valence-electron chi connectivity index (χ2n) is 41.9. The second-order valence-corrected chi connectivity index (χ2v) is 45.1. The molecule has 0 amide bonds. The van der Waals surface area contributed by atoms with Gasteiger partial charge in [0.05, 0.1) is 67.3 Å². The monoisotopic (exact) mass is 1860 g/mol. The molecule has 3 aliphatic rings. The number of benzene rings is 19. The first-order chi connectivity index (χ1) is 68.4. The minimum absolute atomic E-state index is 0.0463. The number of nitrogens with zero attached hydrogens (tertiary/aromatic N) is 6. The molecule has 9 heteroatoms. The van der Waals surface area contributed by atoms with Crippen LogP contribution in [0, 0.1) is 0 Å². The van der Waals surface area contributed by atoms with Crippen molar-refractivity contribution in [3.63, 3.8) is 0 Å². The zero-order valence-electron chi connectivity index (χ0n) is 80.9. The van der Waals surface area contributed by atoms with Crippen LogP contribution < -0.4 is 0 Å². The minimum atomic E-state index is -0.107. The van der Waals surface area contributed by atoms with Crippen molar-refractivity contribution in [2.45, 2.75) is 116 Å². The van der Waals surface area contributed by atoms with E-state index in [-0.39, 0.29) is 32.5 Å². The molecule has 6 aromatic heterocycles. The highest BCUT2D eigenvalue weighted by Crippen LogP contribution is 2.63. The number of hydrogen-bond acceptors (Lipinski definition) is 9. The highest BCUT2D eigenvalue weighted by molar-refractivity contribution is 7.27. The zero-order valence-corrected chi connectivity index (χ0v) is 83.3. The average molecular weight is 1870 g/mol. The van der Waals surface area contributed by atoms with Crippen LogP contribution in [-0.2, 0) is 32.5 Å². The maximum atomic E-state index is 5.29. The van der Waals surface area contributed by atoms with E-state index >= 15 is 0 Å². The fourth-order valence-corrected chi connectivity index (χ4v) is 26.8. The molecule has 28 rings (SSSR count). The molecule has 0 radical (unpaired) electrons. The predicted octanol–water partition coefficient (Wildman–Crippen LogP) is 36.8. The molecular weight excluding hydrogens is 1770 g/mol. The smallest absolute Gasteiger partial charge is 0.0973 e. The van der Waals surface area contributed by atoms with Crippen molar-refractivity contribution < 1.29 is 0 Å². The Morgan fingerprint density at radius 1 is 0.170 bits per heavy atom. The van der Waals surface area contributed by atoms with Crippen LogP contribution in [0.4, 0.5) is 0 Å².